The Morgan fingerprint density at radius 1 is 1.00 bits per heavy atom. The van der Waals surface area contributed by atoms with Crippen LogP contribution in [-0.4, -0.2) is 17.9 Å². The average molecular weight is 389 g/mol. The van der Waals surface area contributed by atoms with E-state index in [1.807, 2.05) is 26.8 Å². The lowest BCUT2D eigenvalue weighted by Crippen LogP contribution is -2.41. The van der Waals surface area contributed by atoms with Crippen LogP contribution in [-0.2, 0) is 9.59 Å². The number of hydrogen-bond donors (Lipinski definition) is 2. The molecule has 2 aromatic rings. The molecule has 0 aliphatic rings. The van der Waals surface area contributed by atoms with Crippen molar-refractivity contribution in [2.75, 3.05) is 10.6 Å². The molecule has 0 aromatic heterocycles. The molecule has 0 saturated carbocycles. The monoisotopic (exact) mass is 388 g/mol. The van der Waals surface area contributed by atoms with E-state index in [-0.39, 0.29) is 6.10 Å². The Morgan fingerprint density at radius 3 is 2.19 bits per heavy atom. The second kappa shape index (κ2) is 8.44. The van der Waals surface area contributed by atoms with Gasteiger partial charge in [-0.2, -0.15) is 0 Å². The zero-order valence-electron chi connectivity index (χ0n) is 16.2. The highest BCUT2D eigenvalue weighted by atomic mass is 35.5. The average Bonchev–Trinajstić information content (AvgIpc) is 2.58. The first-order chi connectivity index (χ1) is 12.6. The van der Waals surface area contributed by atoms with Gasteiger partial charge < -0.3 is 15.4 Å². The molecule has 0 aliphatic heterocycles. The molecule has 0 saturated heterocycles. The molecule has 144 valence electrons. The van der Waals surface area contributed by atoms with Crippen molar-refractivity contribution in [2.45, 2.75) is 40.7 Å². The molecule has 2 aromatic carbocycles. The first kappa shape index (κ1) is 20.8. The summed E-state index contributed by atoms with van der Waals surface area (Å²) in [5.41, 5.74) is 0.674. The fourth-order valence-corrected chi connectivity index (χ4v) is 2.58. The van der Waals surface area contributed by atoms with E-state index < -0.39 is 17.2 Å². The summed E-state index contributed by atoms with van der Waals surface area (Å²) in [6.45, 7) is 8.81. The van der Waals surface area contributed by atoms with Crippen molar-refractivity contribution in [1.29, 1.82) is 0 Å². The minimum atomic E-state index is -1.29. The van der Waals surface area contributed by atoms with Crippen LogP contribution >= 0.6 is 11.6 Å². The van der Waals surface area contributed by atoms with Crippen molar-refractivity contribution in [1.82, 2.24) is 0 Å². The maximum Gasteiger partial charge on any atom is 0.239 e. The normalized spacial score (nSPS) is 11.2. The molecule has 6 heteroatoms. The van der Waals surface area contributed by atoms with Gasteiger partial charge in [-0.05, 0) is 70.5 Å². The molecule has 2 N–H and O–H groups in total. The Bertz CT molecular complexity index is 847. The van der Waals surface area contributed by atoms with Crippen molar-refractivity contribution in [3.8, 4) is 5.75 Å². The van der Waals surface area contributed by atoms with E-state index in [2.05, 4.69) is 10.6 Å². The summed E-state index contributed by atoms with van der Waals surface area (Å²) in [6.07, 6.45) is -0.0350. The smallest absolute Gasteiger partial charge is 0.239 e. The van der Waals surface area contributed by atoms with Crippen LogP contribution in [0.5, 0.6) is 5.75 Å². The van der Waals surface area contributed by atoms with E-state index in [9.17, 15) is 9.59 Å². The number of anilines is 2. The molecule has 2 amide bonds. The molecular formula is C21H25ClN2O3. The van der Waals surface area contributed by atoms with Gasteiger partial charge in [-0.1, -0.05) is 23.7 Å². The predicted molar refractivity (Wildman–Crippen MR) is 109 cm³/mol. The van der Waals surface area contributed by atoms with Crippen LogP contribution in [0.1, 0.15) is 33.3 Å². The lowest BCUT2D eigenvalue weighted by Gasteiger charge is -2.24. The second-order valence-electron chi connectivity index (χ2n) is 7.16. The van der Waals surface area contributed by atoms with Crippen molar-refractivity contribution in [3.05, 3.63) is 53.1 Å². The minimum absolute atomic E-state index is 0.0350. The molecule has 0 atom stereocenters. The van der Waals surface area contributed by atoms with Crippen LogP contribution in [0.4, 0.5) is 11.4 Å². The van der Waals surface area contributed by atoms with Gasteiger partial charge >= 0.3 is 0 Å². The molecule has 0 unspecified atom stereocenters. The molecule has 0 bridgehead atoms. The Hall–Kier alpha value is -2.53. The van der Waals surface area contributed by atoms with Crippen LogP contribution in [0.25, 0.3) is 0 Å². The van der Waals surface area contributed by atoms with E-state index in [1.54, 1.807) is 50.2 Å². The topological polar surface area (TPSA) is 67.4 Å². The Kier molecular flexibility index (Phi) is 6.50. The van der Waals surface area contributed by atoms with Crippen LogP contribution < -0.4 is 15.4 Å². The van der Waals surface area contributed by atoms with Gasteiger partial charge in [0.1, 0.15) is 11.2 Å². The maximum absolute atomic E-state index is 12.8. The molecule has 0 spiro atoms. The van der Waals surface area contributed by atoms with Gasteiger partial charge in [-0.3, -0.25) is 9.59 Å². The molecule has 0 aliphatic carbocycles. The number of benzene rings is 2. The number of para-hydroxylation sites is 2. The summed E-state index contributed by atoms with van der Waals surface area (Å²) in [5.74, 6) is -0.273. The summed E-state index contributed by atoms with van der Waals surface area (Å²) in [4.78, 5) is 25.5. The Morgan fingerprint density at radius 2 is 1.59 bits per heavy atom. The second-order valence-corrected chi connectivity index (χ2v) is 7.59. The lowest BCUT2D eigenvalue weighted by atomic mass is 9.90. The SMILES string of the molecule is Cc1cc(Cl)ccc1NC(=O)C(C)(C)C(=O)Nc1ccccc1OC(C)C. The lowest BCUT2D eigenvalue weighted by molar-refractivity contribution is -0.135. The Labute approximate surface area is 165 Å². The third kappa shape index (κ3) is 5.23. The van der Waals surface area contributed by atoms with E-state index in [0.717, 1.165) is 5.56 Å². The van der Waals surface area contributed by atoms with Crippen LogP contribution in [0.15, 0.2) is 42.5 Å². The van der Waals surface area contributed by atoms with E-state index in [0.29, 0.717) is 22.1 Å². The number of rotatable bonds is 6. The van der Waals surface area contributed by atoms with Crippen molar-refractivity contribution in [2.24, 2.45) is 5.41 Å². The number of carbonyl (C=O) groups excluding carboxylic acids is 2. The van der Waals surface area contributed by atoms with Gasteiger partial charge in [0.05, 0.1) is 11.8 Å². The highest BCUT2D eigenvalue weighted by molar-refractivity contribution is 6.30. The maximum atomic E-state index is 12.8. The van der Waals surface area contributed by atoms with Gasteiger partial charge in [-0.15, -0.1) is 0 Å². The van der Waals surface area contributed by atoms with Gasteiger partial charge in [0, 0.05) is 10.7 Å². The molecule has 27 heavy (non-hydrogen) atoms. The fourth-order valence-electron chi connectivity index (χ4n) is 2.35. The zero-order chi connectivity index (χ0) is 20.2. The zero-order valence-corrected chi connectivity index (χ0v) is 17.0. The molecular weight excluding hydrogens is 364 g/mol. The molecule has 0 fully saturated rings. The standard InChI is InChI=1S/C21H25ClN2O3/c1-13(2)27-18-9-7-6-8-17(18)24-20(26)21(4,5)19(25)23-16-11-10-15(22)12-14(16)3/h6-13H,1-5H3,(H,23,25)(H,24,26). The van der Waals surface area contributed by atoms with E-state index in [4.69, 9.17) is 16.3 Å². The number of hydrogen-bond acceptors (Lipinski definition) is 3. The third-order valence-corrected chi connectivity index (χ3v) is 4.30. The van der Waals surface area contributed by atoms with Crippen LogP contribution in [0.3, 0.4) is 0 Å². The summed E-state index contributed by atoms with van der Waals surface area (Å²) >= 11 is 5.95. The third-order valence-electron chi connectivity index (χ3n) is 4.07. The quantitative estimate of drug-likeness (QED) is 0.681. The molecule has 0 heterocycles. The minimum Gasteiger partial charge on any atom is -0.489 e. The van der Waals surface area contributed by atoms with Crippen LogP contribution in [0.2, 0.25) is 5.02 Å². The first-order valence-corrected chi connectivity index (χ1v) is 9.14. The summed E-state index contributed by atoms with van der Waals surface area (Å²) in [6, 6.07) is 12.3. The van der Waals surface area contributed by atoms with Gasteiger partial charge in [-0.25, -0.2) is 0 Å². The summed E-state index contributed by atoms with van der Waals surface area (Å²) in [7, 11) is 0. The number of nitrogens with one attached hydrogen (secondary N) is 2. The van der Waals surface area contributed by atoms with Crippen molar-refractivity contribution in [3.63, 3.8) is 0 Å². The van der Waals surface area contributed by atoms with E-state index >= 15 is 0 Å². The van der Waals surface area contributed by atoms with Gasteiger partial charge in [0.25, 0.3) is 0 Å². The van der Waals surface area contributed by atoms with Crippen molar-refractivity contribution < 1.29 is 14.3 Å². The highest BCUT2D eigenvalue weighted by Crippen LogP contribution is 2.29. The molecule has 2 rings (SSSR count). The number of amides is 2. The Balaban J connectivity index is 2.16. The largest absolute Gasteiger partial charge is 0.489 e. The molecule has 0 radical (unpaired) electrons. The van der Waals surface area contributed by atoms with Crippen molar-refractivity contribution >= 4 is 34.8 Å². The number of halogens is 1. The number of carbonyl (C=O) groups is 2. The first-order valence-electron chi connectivity index (χ1n) is 8.76. The highest BCUT2D eigenvalue weighted by Gasteiger charge is 2.36. The predicted octanol–water partition coefficient (Wildman–Crippen LogP) is 5.04. The fraction of sp³-hybridized carbons (Fsp3) is 0.333. The number of ether oxygens (including phenoxy) is 1. The summed E-state index contributed by atoms with van der Waals surface area (Å²) < 4.78 is 5.71. The summed E-state index contributed by atoms with van der Waals surface area (Å²) in [5, 5.41) is 6.19. The van der Waals surface area contributed by atoms with E-state index in [1.165, 1.54) is 0 Å². The number of aryl methyl sites for hydroxylation is 1. The van der Waals surface area contributed by atoms with Gasteiger partial charge in [0.2, 0.25) is 11.8 Å². The van der Waals surface area contributed by atoms with Gasteiger partial charge in [0.15, 0.2) is 0 Å². The van der Waals surface area contributed by atoms with Crippen LogP contribution in [0, 0.1) is 12.3 Å². The molecule has 5 nitrogen and oxygen atoms in total.